The number of nitrogens with one attached hydrogen (secondary N) is 1. The highest BCUT2D eigenvalue weighted by molar-refractivity contribution is 6.35. The molecule has 2 fully saturated rings. The molecule has 0 aromatic heterocycles. The lowest BCUT2D eigenvalue weighted by molar-refractivity contribution is -0.823. The molecule has 1 aliphatic heterocycles. The lowest BCUT2D eigenvalue weighted by Crippen LogP contribution is -3.18. The molecule has 3 atom stereocenters. The molecule has 1 heterocycles. The third kappa shape index (κ3) is 3.93. The summed E-state index contributed by atoms with van der Waals surface area (Å²) in [6, 6.07) is -1.14. The van der Waals surface area contributed by atoms with Crippen LogP contribution in [0.2, 0.25) is 0 Å². The molecular weight excluding hydrogens is 284 g/mol. The number of hydrogen-bond donors (Lipinski definition) is 2. The topological polar surface area (TPSA) is 90.9 Å². The first-order valence-corrected chi connectivity index (χ1v) is 8.41. The SMILES string of the molecule is CCOC(=O)C(=O)[C@@H]1CCC[NH+]1C(=O)[C@H](N)CC1CCCC1. The second-order valence-corrected chi connectivity index (χ2v) is 6.41. The first kappa shape index (κ1) is 17.1. The Morgan fingerprint density at radius 1 is 1.18 bits per heavy atom. The van der Waals surface area contributed by atoms with Crippen molar-refractivity contribution < 1.29 is 24.0 Å². The predicted molar refractivity (Wildman–Crippen MR) is 80.0 cm³/mol. The first-order chi connectivity index (χ1) is 10.5. The van der Waals surface area contributed by atoms with Gasteiger partial charge in [0.2, 0.25) is 0 Å². The van der Waals surface area contributed by atoms with Gasteiger partial charge in [0, 0.05) is 12.8 Å². The Balaban J connectivity index is 1.94. The maximum atomic E-state index is 12.6. The third-order valence-electron chi connectivity index (χ3n) is 4.87. The van der Waals surface area contributed by atoms with Crippen molar-refractivity contribution in [1.29, 1.82) is 0 Å². The number of amides is 1. The molecule has 1 unspecified atom stereocenters. The molecule has 0 bridgehead atoms. The summed E-state index contributed by atoms with van der Waals surface area (Å²) in [4.78, 5) is 36.9. The molecule has 0 spiro atoms. The van der Waals surface area contributed by atoms with E-state index in [0.29, 0.717) is 30.2 Å². The minimum atomic E-state index is -0.830. The van der Waals surface area contributed by atoms with Crippen LogP contribution in [0.5, 0.6) is 0 Å². The summed E-state index contributed by atoms with van der Waals surface area (Å²) in [5.74, 6) is -1.01. The van der Waals surface area contributed by atoms with Crippen LogP contribution >= 0.6 is 0 Å². The van der Waals surface area contributed by atoms with E-state index in [1.165, 1.54) is 12.8 Å². The number of ketones is 1. The van der Waals surface area contributed by atoms with Gasteiger partial charge in [-0.05, 0) is 19.3 Å². The lowest BCUT2D eigenvalue weighted by Gasteiger charge is -2.22. The Morgan fingerprint density at radius 2 is 1.86 bits per heavy atom. The number of quaternary nitrogens is 1. The molecule has 1 saturated carbocycles. The van der Waals surface area contributed by atoms with E-state index in [2.05, 4.69) is 0 Å². The van der Waals surface area contributed by atoms with E-state index in [1.807, 2.05) is 0 Å². The molecule has 124 valence electrons. The van der Waals surface area contributed by atoms with Crippen molar-refractivity contribution in [3.63, 3.8) is 0 Å². The fraction of sp³-hybridized carbons (Fsp3) is 0.812. The van der Waals surface area contributed by atoms with Gasteiger partial charge in [0.25, 0.3) is 5.78 Å². The molecule has 0 radical (unpaired) electrons. The minimum absolute atomic E-state index is 0.118. The third-order valence-corrected chi connectivity index (χ3v) is 4.87. The number of likely N-dealkylation sites (tertiary alicyclic amines) is 1. The number of ether oxygens (including phenoxy) is 1. The highest BCUT2D eigenvalue weighted by Crippen LogP contribution is 2.28. The number of esters is 1. The van der Waals surface area contributed by atoms with Crippen molar-refractivity contribution in [3.05, 3.63) is 0 Å². The quantitative estimate of drug-likeness (QED) is 0.514. The Bertz CT molecular complexity index is 432. The van der Waals surface area contributed by atoms with Crippen LogP contribution in [0.25, 0.3) is 0 Å². The Hall–Kier alpha value is -1.27. The minimum Gasteiger partial charge on any atom is -0.460 e. The van der Waals surface area contributed by atoms with Crippen LogP contribution in [0.4, 0.5) is 0 Å². The average Bonchev–Trinajstić information content (AvgIpc) is 3.16. The highest BCUT2D eigenvalue weighted by atomic mass is 16.5. The van der Waals surface area contributed by atoms with Crippen molar-refractivity contribution in [2.75, 3.05) is 13.2 Å². The lowest BCUT2D eigenvalue weighted by atomic mass is 9.97. The van der Waals surface area contributed by atoms with Crippen molar-refractivity contribution >= 4 is 17.7 Å². The monoisotopic (exact) mass is 311 g/mol. The first-order valence-electron chi connectivity index (χ1n) is 8.41. The fourth-order valence-electron chi connectivity index (χ4n) is 3.72. The number of carbonyl (C=O) groups is 3. The summed E-state index contributed by atoms with van der Waals surface area (Å²) in [6.45, 7) is 2.40. The van der Waals surface area contributed by atoms with Crippen LogP contribution in [-0.2, 0) is 19.1 Å². The van der Waals surface area contributed by atoms with Gasteiger partial charge >= 0.3 is 11.9 Å². The Kier molecular flexibility index (Phi) is 6.08. The van der Waals surface area contributed by atoms with E-state index in [4.69, 9.17) is 10.5 Å². The van der Waals surface area contributed by atoms with E-state index < -0.39 is 23.8 Å². The second kappa shape index (κ2) is 7.83. The zero-order chi connectivity index (χ0) is 16.1. The molecule has 0 aromatic rings. The van der Waals surface area contributed by atoms with Crippen molar-refractivity contribution in [3.8, 4) is 0 Å². The van der Waals surface area contributed by atoms with Crippen LogP contribution < -0.4 is 10.6 Å². The van der Waals surface area contributed by atoms with Crippen LogP contribution in [0.3, 0.4) is 0 Å². The van der Waals surface area contributed by atoms with Gasteiger partial charge in [-0.2, -0.15) is 0 Å². The standard InChI is InChI=1S/C16H26N2O4/c1-2-22-16(21)14(19)13-8-5-9-18(13)15(20)12(17)10-11-6-3-4-7-11/h11-13H,2-10,17H2,1H3/p+1/t12-,13+/m1/s1. The van der Waals surface area contributed by atoms with Gasteiger partial charge in [0.05, 0.1) is 13.2 Å². The van der Waals surface area contributed by atoms with E-state index >= 15 is 0 Å². The van der Waals surface area contributed by atoms with Crippen LogP contribution in [-0.4, -0.2) is 42.9 Å². The summed E-state index contributed by atoms with van der Waals surface area (Å²) in [6.07, 6.45) is 6.71. The smallest absolute Gasteiger partial charge is 0.381 e. The fourth-order valence-corrected chi connectivity index (χ4v) is 3.72. The molecule has 2 aliphatic rings. The summed E-state index contributed by atoms with van der Waals surface area (Å²) in [5, 5.41) is 0. The second-order valence-electron chi connectivity index (χ2n) is 6.41. The summed E-state index contributed by atoms with van der Waals surface area (Å²) >= 11 is 0. The Labute approximate surface area is 131 Å². The number of nitrogens with two attached hydrogens (primary N) is 1. The predicted octanol–water partition coefficient (Wildman–Crippen LogP) is -0.400. The summed E-state index contributed by atoms with van der Waals surface area (Å²) < 4.78 is 4.77. The molecule has 0 aromatic carbocycles. The normalized spacial score (nSPS) is 26.8. The number of Topliss-reactive ketones (excluding diaryl/α,β-unsaturated/α-hetero) is 1. The molecule has 1 aliphatic carbocycles. The maximum Gasteiger partial charge on any atom is 0.381 e. The molecule has 3 N–H and O–H groups in total. The molecule has 6 nitrogen and oxygen atoms in total. The molecule has 2 rings (SSSR count). The molecule has 1 saturated heterocycles. The van der Waals surface area contributed by atoms with Crippen LogP contribution in [0.1, 0.15) is 51.9 Å². The van der Waals surface area contributed by atoms with Gasteiger partial charge in [-0.25, -0.2) is 9.59 Å². The maximum absolute atomic E-state index is 12.6. The molecule has 22 heavy (non-hydrogen) atoms. The van der Waals surface area contributed by atoms with Crippen molar-refractivity contribution in [1.82, 2.24) is 0 Å². The van der Waals surface area contributed by atoms with Crippen LogP contribution in [0, 0.1) is 5.92 Å². The van der Waals surface area contributed by atoms with Crippen molar-refractivity contribution in [2.45, 2.75) is 64.0 Å². The average molecular weight is 311 g/mol. The molecule has 6 heteroatoms. The van der Waals surface area contributed by atoms with Gasteiger partial charge in [-0.3, -0.25) is 9.69 Å². The van der Waals surface area contributed by atoms with Gasteiger partial charge in [0.1, 0.15) is 6.04 Å². The van der Waals surface area contributed by atoms with Crippen molar-refractivity contribution in [2.24, 2.45) is 11.7 Å². The van der Waals surface area contributed by atoms with Gasteiger partial charge in [-0.15, -0.1) is 0 Å². The summed E-state index contributed by atoms with van der Waals surface area (Å²) in [5.41, 5.74) is 6.08. The van der Waals surface area contributed by atoms with Crippen LogP contribution in [0.15, 0.2) is 0 Å². The summed E-state index contributed by atoms with van der Waals surface area (Å²) in [7, 11) is 0. The highest BCUT2D eigenvalue weighted by Gasteiger charge is 2.44. The Morgan fingerprint density at radius 3 is 2.50 bits per heavy atom. The zero-order valence-corrected chi connectivity index (χ0v) is 13.3. The number of rotatable bonds is 6. The number of hydrogen-bond acceptors (Lipinski definition) is 5. The van der Waals surface area contributed by atoms with Gasteiger partial charge < -0.3 is 10.5 Å². The number of carbonyl (C=O) groups excluding carboxylic acids is 3. The van der Waals surface area contributed by atoms with E-state index in [1.54, 1.807) is 6.92 Å². The molecular formula is C16H27N2O4+. The van der Waals surface area contributed by atoms with Gasteiger partial charge in [0.15, 0.2) is 6.04 Å². The van der Waals surface area contributed by atoms with E-state index in [9.17, 15) is 14.4 Å². The zero-order valence-electron chi connectivity index (χ0n) is 13.3. The van der Waals surface area contributed by atoms with E-state index in [0.717, 1.165) is 19.3 Å². The van der Waals surface area contributed by atoms with Gasteiger partial charge in [-0.1, -0.05) is 25.7 Å². The molecule has 1 amide bonds. The van der Waals surface area contributed by atoms with E-state index in [-0.39, 0.29) is 12.5 Å². The largest absolute Gasteiger partial charge is 0.460 e.